The number of aromatic nitrogens is 1. The van der Waals surface area contributed by atoms with E-state index in [0.29, 0.717) is 24.7 Å². The van der Waals surface area contributed by atoms with Gasteiger partial charge >= 0.3 is 6.18 Å². The average molecular weight is 272 g/mol. The highest BCUT2D eigenvalue weighted by Gasteiger charge is 2.33. The van der Waals surface area contributed by atoms with E-state index in [1.54, 1.807) is 0 Å². The zero-order valence-electron chi connectivity index (χ0n) is 9.78. The van der Waals surface area contributed by atoms with Crippen molar-refractivity contribution >= 4 is 11.1 Å². The van der Waals surface area contributed by atoms with Crippen LogP contribution in [0.5, 0.6) is 0 Å². The zero-order valence-corrected chi connectivity index (χ0v) is 9.78. The van der Waals surface area contributed by atoms with Gasteiger partial charge in [0.1, 0.15) is 5.52 Å². The SMILES string of the molecule is NC1COCC1c1nc2cc(C(F)(F)F)ccc2o1. The van der Waals surface area contributed by atoms with Crippen LogP contribution in [0.25, 0.3) is 11.1 Å². The summed E-state index contributed by atoms with van der Waals surface area (Å²) < 4.78 is 48.4. The maximum Gasteiger partial charge on any atom is 0.416 e. The number of hydrogen-bond acceptors (Lipinski definition) is 4. The van der Waals surface area contributed by atoms with E-state index in [4.69, 9.17) is 14.9 Å². The molecule has 0 saturated carbocycles. The molecule has 4 nitrogen and oxygen atoms in total. The van der Waals surface area contributed by atoms with Gasteiger partial charge in [-0.3, -0.25) is 0 Å². The van der Waals surface area contributed by atoms with Crippen LogP contribution in [0.4, 0.5) is 13.2 Å². The van der Waals surface area contributed by atoms with Crippen molar-refractivity contribution in [2.75, 3.05) is 13.2 Å². The molecule has 2 heterocycles. The number of nitrogens with zero attached hydrogens (tertiary/aromatic N) is 1. The number of halogens is 3. The molecule has 2 aromatic rings. The molecule has 0 radical (unpaired) electrons. The molecule has 1 saturated heterocycles. The minimum absolute atomic E-state index is 0.184. The monoisotopic (exact) mass is 272 g/mol. The lowest BCUT2D eigenvalue weighted by atomic mass is 10.1. The normalized spacial score (nSPS) is 24.2. The lowest BCUT2D eigenvalue weighted by Gasteiger charge is -2.07. The van der Waals surface area contributed by atoms with Gasteiger partial charge < -0.3 is 14.9 Å². The average Bonchev–Trinajstić information content (AvgIpc) is 2.91. The van der Waals surface area contributed by atoms with E-state index in [0.717, 1.165) is 12.1 Å². The number of alkyl halides is 3. The summed E-state index contributed by atoms with van der Waals surface area (Å²) in [6.45, 7) is 0.775. The Morgan fingerprint density at radius 3 is 2.68 bits per heavy atom. The molecule has 1 aliphatic rings. The molecule has 2 unspecified atom stereocenters. The van der Waals surface area contributed by atoms with Gasteiger partial charge in [0.05, 0.1) is 24.7 Å². The molecule has 0 amide bonds. The van der Waals surface area contributed by atoms with Crippen molar-refractivity contribution in [2.45, 2.75) is 18.1 Å². The quantitative estimate of drug-likeness (QED) is 0.865. The second kappa shape index (κ2) is 4.21. The molecular formula is C12H11F3N2O2. The topological polar surface area (TPSA) is 61.3 Å². The third-order valence-corrected chi connectivity index (χ3v) is 3.17. The van der Waals surface area contributed by atoms with E-state index in [-0.39, 0.29) is 17.5 Å². The molecule has 0 bridgehead atoms. The van der Waals surface area contributed by atoms with Crippen molar-refractivity contribution in [3.63, 3.8) is 0 Å². The molecule has 0 spiro atoms. The summed E-state index contributed by atoms with van der Waals surface area (Å²) in [7, 11) is 0. The highest BCUT2D eigenvalue weighted by atomic mass is 19.4. The third-order valence-electron chi connectivity index (χ3n) is 3.17. The Morgan fingerprint density at radius 1 is 1.26 bits per heavy atom. The molecule has 0 aliphatic carbocycles. The molecule has 7 heteroatoms. The van der Waals surface area contributed by atoms with Crippen molar-refractivity contribution in [3.05, 3.63) is 29.7 Å². The lowest BCUT2D eigenvalue weighted by Crippen LogP contribution is -2.26. The molecule has 2 atom stereocenters. The number of fused-ring (bicyclic) bond motifs is 1. The second-order valence-electron chi connectivity index (χ2n) is 4.54. The second-order valence-corrected chi connectivity index (χ2v) is 4.54. The summed E-state index contributed by atoms with van der Waals surface area (Å²) in [5.41, 5.74) is 5.59. The number of ether oxygens (including phenoxy) is 1. The van der Waals surface area contributed by atoms with Gasteiger partial charge in [0, 0.05) is 6.04 Å². The minimum atomic E-state index is -4.39. The maximum absolute atomic E-state index is 12.6. The standard InChI is InChI=1S/C12H11F3N2O2/c13-12(14,15)6-1-2-10-9(3-6)17-11(19-10)7-4-18-5-8(7)16/h1-3,7-8H,4-5,16H2. The molecule has 3 rings (SSSR count). The fourth-order valence-corrected chi connectivity index (χ4v) is 2.11. The molecule has 1 aromatic carbocycles. The molecule has 1 fully saturated rings. The number of nitrogens with two attached hydrogens (primary N) is 1. The maximum atomic E-state index is 12.6. The van der Waals surface area contributed by atoms with Crippen LogP contribution in [0, 0.1) is 0 Å². The van der Waals surface area contributed by atoms with Crippen LogP contribution in [0.3, 0.4) is 0 Å². The Bertz CT molecular complexity index is 609. The smallest absolute Gasteiger partial charge is 0.416 e. The van der Waals surface area contributed by atoms with Gasteiger partial charge in [-0.1, -0.05) is 0 Å². The Hall–Kier alpha value is -1.60. The van der Waals surface area contributed by atoms with Crippen molar-refractivity contribution in [3.8, 4) is 0 Å². The van der Waals surface area contributed by atoms with Gasteiger partial charge in [0.15, 0.2) is 5.58 Å². The van der Waals surface area contributed by atoms with Crippen LogP contribution in [-0.4, -0.2) is 24.2 Å². The van der Waals surface area contributed by atoms with E-state index in [9.17, 15) is 13.2 Å². The predicted molar refractivity (Wildman–Crippen MR) is 60.5 cm³/mol. The van der Waals surface area contributed by atoms with Crippen LogP contribution < -0.4 is 5.73 Å². The fourth-order valence-electron chi connectivity index (χ4n) is 2.11. The van der Waals surface area contributed by atoms with E-state index < -0.39 is 11.7 Å². The Balaban J connectivity index is 2.01. The van der Waals surface area contributed by atoms with Gasteiger partial charge in [0.25, 0.3) is 0 Å². The lowest BCUT2D eigenvalue weighted by molar-refractivity contribution is -0.137. The Kier molecular flexibility index (Phi) is 2.75. The highest BCUT2D eigenvalue weighted by Crippen LogP contribution is 2.33. The van der Waals surface area contributed by atoms with Crippen molar-refractivity contribution in [1.82, 2.24) is 4.98 Å². The Morgan fingerprint density at radius 2 is 2.05 bits per heavy atom. The summed E-state index contributed by atoms with van der Waals surface area (Å²) in [5, 5.41) is 0. The minimum Gasteiger partial charge on any atom is -0.440 e. The largest absolute Gasteiger partial charge is 0.440 e. The third kappa shape index (κ3) is 2.19. The number of rotatable bonds is 1. The molecule has 2 N–H and O–H groups in total. The van der Waals surface area contributed by atoms with Gasteiger partial charge in [-0.2, -0.15) is 13.2 Å². The summed E-state index contributed by atoms with van der Waals surface area (Å²) in [4.78, 5) is 4.09. The first-order valence-corrected chi connectivity index (χ1v) is 5.76. The van der Waals surface area contributed by atoms with Gasteiger partial charge in [-0.25, -0.2) is 4.98 Å². The van der Waals surface area contributed by atoms with Crippen LogP contribution >= 0.6 is 0 Å². The van der Waals surface area contributed by atoms with Gasteiger partial charge in [0.2, 0.25) is 5.89 Å². The summed E-state index contributed by atoms with van der Waals surface area (Å²) >= 11 is 0. The molecule has 1 aromatic heterocycles. The fraction of sp³-hybridized carbons (Fsp3) is 0.417. The number of benzene rings is 1. The summed E-state index contributed by atoms with van der Waals surface area (Å²) in [6, 6.07) is 2.98. The first-order valence-electron chi connectivity index (χ1n) is 5.76. The van der Waals surface area contributed by atoms with Gasteiger partial charge in [-0.05, 0) is 18.2 Å². The van der Waals surface area contributed by atoms with E-state index in [1.165, 1.54) is 6.07 Å². The van der Waals surface area contributed by atoms with Crippen LogP contribution in [0.2, 0.25) is 0 Å². The van der Waals surface area contributed by atoms with E-state index in [1.807, 2.05) is 0 Å². The first kappa shape index (κ1) is 12.4. The van der Waals surface area contributed by atoms with E-state index >= 15 is 0 Å². The molecule has 102 valence electrons. The number of hydrogen-bond donors (Lipinski definition) is 1. The van der Waals surface area contributed by atoms with E-state index in [2.05, 4.69) is 4.98 Å². The highest BCUT2D eigenvalue weighted by molar-refractivity contribution is 5.73. The zero-order chi connectivity index (χ0) is 13.6. The molecular weight excluding hydrogens is 261 g/mol. The first-order chi connectivity index (χ1) is 8.95. The predicted octanol–water partition coefficient (Wildman–Crippen LogP) is 2.29. The molecule has 19 heavy (non-hydrogen) atoms. The van der Waals surface area contributed by atoms with Crippen molar-refractivity contribution in [1.29, 1.82) is 0 Å². The number of oxazole rings is 1. The van der Waals surface area contributed by atoms with Crippen molar-refractivity contribution < 1.29 is 22.3 Å². The summed E-state index contributed by atoms with van der Waals surface area (Å²) in [5.74, 6) is 0.126. The summed E-state index contributed by atoms with van der Waals surface area (Å²) in [6.07, 6.45) is -4.39. The van der Waals surface area contributed by atoms with Crippen LogP contribution in [-0.2, 0) is 10.9 Å². The van der Waals surface area contributed by atoms with Gasteiger partial charge in [-0.15, -0.1) is 0 Å². The van der Waals surface area contributed by atoms with Crippen molar-refractivity contribution in [2.24, 2.45) is 5.73 Å². The molecule has 1 aliphatic heterocycles. The Labute approximate surface area is 106 Å². The van der Waals surface area contributed by atoms with Crippen LogP contribution in [0.1, 0.15) is 17.4 Å². The van der Waals surface area contributed by atoms with Crippen LogP contribution in [0.15, 0.2) is 22.6 Å².